The average molecular weight is 175 g/mol. The van der Waals surface area contributed by atoms with Gasteiger partial charge in [-0.1, -0.05) is 0 Å². The van der Waals surface area contributed by atoms with Crippen LogP contribution >= 0.6 is 0 Å². The normalized spacial score (nSPS) is 14.5. The van der Waals surface area contributed by atoms with Gasteiger partial charge in [-0.2, -0.15) is 0 Å². The van der Waals surface area contributed by atoms with E-state index in [0.29, 0.717) is 0 Å². The summed E-state index contributed by atoms with van der Waals surface area (Å²) in [5, 5.41) is -0.933. The first-order chi connectivity index (χ1) is 3.85. The van der Waals surface area contributed by atoms with Gasteiger partial charge in [0.25, 0.3) is 0 Å². The SMILES string of the molecule is CC(N(C)C)S(=O)(=O)[O-].[Na+]. The molecule has 0 saturated carbocycles. The Hall–Kier alpha value is 0.870. The molecule has 1 atom stereocenters. The van der Waals surface area contributed by atoms with Crippen molar-refractivity contribution < 1.29 is 42.5 Å². The zero-order chi connectivity index (χ0) is 7.65. The van der Waals surface area contributed by atoms with Crippen LogP contribution in [0.25, 0.3) is 0 Å². The van der Waals surface area contributed by atoms with Gasteiger partial charge in [-0.3, -0.25) is 4.90 Å². The second-order valence-electron chi connectivity index (χ2n) is 2.06. The Morgan fingerprint density at radius 1 is 1.40 bits per heavy atom. The molecule has 0 radical (unpaired) electrons. The molecule has 0 aliphatic carbocycles. The quantitative estimate of drug-likeness (QED) is 0.322. The van der Waals surface area contributed by atoms with Crippen molar-refractivity contribution in [2.45, 2.75) is 12.3 Å². The van der Waals surface area contributed by atoms with Crippen molar-refractivity contribution in [1.29, 1.82) is 0 Å². The summed E-state index contributed by atoms with van der Waals surface area (Å²) in [6, 6.07) is 0. The molecule has 6 heteroatoms. The Balaban J connectivity index is 0. The zero-order valence-electron chi connectivity index (χ0n) is 6.66. The molecule has 0 fully saturated rings. The molecule has 0 N–H and O–H groups in total. The molecule has 0 aromatic heterocycles. The van der Waals surface area contributed by atoms with Crippen molar-refractivity contribution in [1.82, 2.24) is 4.90 Å². The molecule has 0 aliphatic heterocycles. The predicted molar refractivity (Wildman–Crippen MR) is 32.8 cm³/mol. The van der Waals surface area contributed by atoms with Crippen molar-refractivity contribution in [2.75, 3.05) is 14.1 Å². The van der Waals surface area contributed by atoms with Gasteiger partial charge in [-0.15, -0.1) is 0 Å². The summed E-state index contributed by atoms with van der Waals surface area (Å²) in [7, 11) is -1.04. The van der Waals surface area contributed by atoms with Crippen molar-refractivity contribution in [3.05, 3.63) is 0 Å². The van der Waals surface area contributed by atoms with E-state index in [1.165, 1.54) is 11.8 Å². The molecule has 0 aliphatic rings. The molecule has 0 aromatic carbocycles. The van der Waals surface area contributed by atoms with Crippen molar-refractivity contribution >= 4 is 10.1 Å². The minimum atomic E-state index is -4.13. The van der Waals surface area contributed by atoms with Crippen LogP contribution < -0.4 is 29.6 Å². The third-order valence-corrected chi connectivity index (χ3v) is 2.40. The second-order valence-corrected chi connectivity index (χ2v) is 3.72. The fourth-order valence-electron chi connectivity index (χ4n) is 0.258. The molecule has 0 saturated heterocycles. The molecule has 0 amide bonds. The molecule has 56 valence electrons. The Kier molecular flexibility index (Phi) is 6.31. The van der Waals surface area contributed by atoms with Gasteiger partial charge in [0.1, 0.15) is 10.1 Å². The first-order valence-corrected chi connectivity index (χ1v) is 3.94. The minimum Gasteiger partial charge on any atom is -0.747 e. The minimum absolute atomic E-state index is 0. The predicted octanol–water partition coefficient (Wildman–Crippen LogP) is -3.56. The van der Waals surface area contributed by atoms with E-state index in [2.05, 4.69) is 0 Å². The van der Waals surface area contributed by atoms with Gasteiger partial charge in [0.2, 0.25) is 0 Å². The molecular formula is C4H10NNaO3S. The molecule has 1 unspecified atom stereocenters. The van der Waals surface area contributed by atoms with Crippen molar-refractivity contribution in [2.24, 2.45) is 0 Å². The monoisotopic (exact) mass is 175 g/mol. The first-order valence-electron chi connectivity index (χ1n) is 2.47. The van der Waals surface area contributed by atoms with Gasteiger partial charge in [0.15, 0.2) is 0 Å². The molecule has 0 bridgehead atoms. The van der Waals surface area contributed by atoms with Gasteiger partial charge in [-0.25, -0.2) is 8.42 Å². The molecule has 4 nitrogen and oxygen atoms in total. The van der Waals surface area contributed by atoms with Crippen LogP contribution in [0.15, 0.2) is 0 Å². The maximum atomic E-state index is 10.2. The summed E-state index contributed by atoms with van der Waals surface area (Å²) >= 11 is 0. The third kappa shape index (κ3) is 4.65. The molecule has 0 rings (SSSR count). The van der Waals surface area contributed by atoms with E-state index >= 15 is 0 Å². The Morgan fingerprint density at radius 3 is 1.70 bits per heavy atom. The van der Waals surface area contributed by atoms with E-state index in [1.807, 2.05) is 0 Å². The van der Waals surface area contributed by atoms with Crippen molar-refractivity contribution in [3.8, 4) is 0 Å². The zero-order valence-corrected chi connectivity index (χ0v) is 9.47. The van der Waals surface area contributed by atoms with Crippen LogP contribution in [0, 0.1) is 0 Å². The van der Waals surface area contributed by atoms with Crippen LogP contribution in [0.2, 0.25) is 0 Å². The summed E-state index contributed by atoms with van der Waals surface area (Å²) in [5.41, 5.74) is 0. The van der Waals surface area contributed by atoms with Crippen LogP contribution in [0.4, 0.5) is 0 Å². The molecule has 0 spiro atoms. The summed E-state index contributed by atoms with van der Waals surface area (Å²) in [4.78, 5) is 1.35. The fourth-order valence-corrected chi connectivity index (χ4v) is 0.775. The van der Waals surface area contributed by atoms with Gasteiger partial charge in [-0.05, 0) is 21.0 Å². The molecule has 0 heterocycles. The summed E-state index contributed by atoms with van der Waals surface area (Å²) < 4.78 is 30.5. The fraction of sp³-hybridized carbons (Fsp3) is 1.00. The number of hydrogen-bond donors (Lipinski definition) is 0. The van der Waals surface area contributed by atoms with E-state index in [4.69, 9.17) is 0 Å². The first kappa shape index (κ1) is 13.5. The summed E-state index contributed by atoms with van der Waals surface area (Å²) in [6.45, 7) is 1.35. The maximum Gasteiger partial charge on any atom is 1.00 e. The van der Waals surface area contributed by atoms with E-state index in [-0.39, 0.29) is 29.6 Å². The Morgan fingerprint density at radius 2 is 1.70 bits per heavy atom. The Bertz CT molecular complexity index is 177. The van der Waals surface area contributed by atoms with E-state index in [9.17, 15) is 13.0 Å². The number of nitrogens with zero attached hydrogens (tertiary/aromatic N) is 1. The standard InChI is InChI=1S/C4H11NO3S.Na/c1-4(5(2)3)9(6,7)8;/h4H,1-3H3,(H,6,7,8);/q;+1/p-1. The van der Waals surface area contributed by atoms with E-state index < -0.39 is 15.5 Å². The van der Waals surface area contributed by atoms with Crippen LogP contribution in [-0.4, -0.2) is 37.3 Å². The second kappa shape index (κ2) is 4.69. The van der Waals surface area contributed by atoms with Crippen molar-refractivity contribution in [3.63, 3.8) is 0 Å². The number of hydrogen-bond acceptors (Lipinski definition) is 4. The van der Waals surface area contributed by atoms with Crippen LogP contribution in [0.3, 0.4) is 0 Å². The smallest absolute Gasteiger partial charge is 0.747 e. The van der Waals surface area contributed by atoms with Crippen LogP contribution in [0.1, 0.15) is 6.92 Å². The third-order valence-electron chi connectivity index (χ3n) is 1.14. The number of rotatable bonds is 2. The summed E-state index contributed by atoms with van der Waals surface area (Å²) in [6.07, 6.45) is 0. The molecular weight excluding hydrogens is 165 g/mol. The molecule has 0 aromatic rings. The Labute approximate surface area is 83.6 Å². The average Bonchev–Trinajstić information content (AvgIpc) is 1.62. The summed E-state index contributed by atoms with van der Waals surface area (Å²) in [5.74, 6) is 0. The van der Waals surface area contributed by atoms with Gasteiger partial charge >= 0.3 is 29.6 Å². The topological polar surface area (TPSA) is 60.4 Å². The largest absolute Gasteiger partial charge is 1.00 e. The van der Waals surface area contributed by atoms with E-state index in [1.54, 1.807) is 14.1 Å². The van der Waals surface area contributed by atoms with Crippen LogP contribution in [0.5, 0.6) is 0 Å². The van der Waals surface area contributed by atoms with Crippen LogP contribution in [-0.2, 0) is 10.1 Å². The van der Waals surface area contributed by atoms with Gasteiger partial charge in [0.05, 0.1) is 5.37 Å². The van der Waals surface area contributed by atoms with E-state index in [0.717, 1.165) is 0 Å². The van der Waals surface area contributed by atoms with Gasteiger partial charge in [0, 0.05) is 0 Å². The molecule has 10 heavy (non-hydrogen) atoms. The van der Waals surface area contributed by atoms with Gasteiger partial charge < -0.3 is 4.55 Å². The maximum absolute atomic E-state index is 10.2.